The highest BCUT2D eigenvalue weighted by molar-refractivity contribution is 7.89. The maximum absolute atomic E-state index is 12.1. The molecule has 0 saturated carbocycles. The molecule has 2 N–H and O–H groups in total. The number of hydrogen-bond donors (Lipinski definition) is 2. The third kappa shape index (κ3) is 3.80. The Bertz CT molecular complexity index is 483. The summed E-state index contributed by atoms with van der Waals surface area (Å²) in [6, 6.07) is 5.53. The number of nitrogens with one attached hydrogen (secondary N) is 2. The smallest absolute Gasteiger partial charge is 0.240 e. The van der Waals surface area contributed by atoms with E-state index in [1.54, 1.807) is 20.0 Å². The Morgan fingerprint density at radius 1 is 1.29 bits per heavy atom. The Balaban J connectivity index is 2.93. The van der Waals surface area contributed by atoms with Crippen molar-refractivity contribution in [3.8, 4) is 0 Å². The zero-order valence-corrected chi connectivity index (χ0v) is 11.6. The lowest BCUT2D eigenvalue weighted by Crippen LogP contribution is -2.37. The summed E-state index contributed by atoms with van der Waals surface area (Å²) in [5.41, 5.74) is 1.71. The van der Waals surface area contributed by atoms with Gasteiger partial charge in [-0.1, -0.05) is 12.1 Å². The van der Waals surface area contributed by atoms with Crippen molar-refractivity contribution in [3.05, 3.63) is 29.3 Å². The van der Waals surface area contributed by atoms with Crippen molar-refractivity contribution < 1.29 is 8.42 Å². The molecular weight excluding hydrogens is 236 g/mol. The fraction of sp³-hybridized carbons (Fsp3) is 0.500. The van der Waals surface area contributed by atoms with Crippen LogP contribution in [0.2, 0.25) is 0 Å². The minimum Gasteiger partial charge on any atom is -0.316 e. The van der Waals surface area contributed by atoms with Crippen LogP contribution in [-0.2, 0) is 10.0 Å². The first kappa shape index (κ1) is 14.2. The Kier molecular flexibility index (Phi) is 4.68. The largest absolute Gasteiger partial charge is 0.316 e. The average molecular weight is 256 g/mol. The summed E-state index contributed by atoms with van der Waals surface area (Å²) < 4.78 is 26.8. The van der Waals surface area contributed by atoms with Gasteiger partial charge < -0.3 is 5.32 Å². The first-order valence-corrected chi connectivity index (χ1v) is 7.09. The van der Waals surface area contributed by atoms with Crippen molar-refractivity contribution in [3.63, 3.8) is 0 Å². The van der Waals surface area contributed by atoms with Crippen LogP contribution >= 0.6 is 0 Å². The van der Waals surface area contributed by atoms with E-state index in [1.165, 1.54) is 0 Å². The molecule has 1 aromatic carbocycles. The van der Waals surface area contributed by atoms with E-state index in [-0.39, 0.29) is 6.04 Å². The molecule has 0 radical (unpaired) electrons. The first-order valence-electron chi connectivity index (χ1n) is 5.61. The topological polar surface area (TPSA) is 58.2 Å². The molecule has 0 saturated heterocycles. The second kappa shape index (κ2) is 5.62. The third-order valence-electron chi connectivity index (χ3n) is 2.71. The van der Waals surface area contributed by atoms with E-state index in [1.807, 2.05) is 26.0 Å². The molecule has 5 heteroatoms. The maximum atomic E-state index is 12.1. The quantitative estimate of drug-likeness (QED) is 0.832. The van der Waals surface area contributed by atoms with Gasteiger partial charge in [-0.05, 0) is 45.0 Å². The number of benzene rings is 1. The molecule has 0 bridgehead atoms. The van der Waals surface area contributed by atoms with Gasteiger partial charge in [0.15, 0.2) is 0 Å². The minimum absolute atomic E-state index is 0.106. The van der Waals surface area contributed by atoms with Crippen LogP contribution in [0.25, 0.3) is 0 Å². The van der Waals surface area contributed by atoms with Crippen LogP contribution in [0.15, 0.2) is 23.1 Å². The van der Waals surface area contributed by atoms with Crippen molar-refractivity contribution in [2.75, 3.05) is 13.6 Å². The normalized spacial score (nSPS) is 13.6. The summed E-state index contributed by atoms with van der Waals surface area (Å²) in [7, 11) is -1.61. The van der Waals surface area contributed by atoms with Crippen LogP contribution < -0.4 is 10.0 Å². The van der Waals surface area contributed by atoms with Crippen molar-refractivity contribution in [1.29, 1.82) is 0 Å². The molecule has 0 aromatic heterocycles. The molecule has 1 atom stereocenters. The summed E-state index contributed by atoms with van der Waals surface area (Å²) in [6.07, 6.45) is 0. The highest BCUT2D eigenvalue weighted by Gasteiger charge is 2.17. The summed E-state index contributed by atoms with van der Waals surface area (Å²) in [4.78, 5) is 0.362. The highest BCUT2D eigenvalue weighted by Crippen LogP contribution is 2.16. The zero-order valence-electron chi connectivity index (χ0n) is 10.7. The molecule has 0 fully saturated rings. The Morgan fingerprint density at radius 2 is 1.94 bits per heavy atom. The third-order valence-corrected chi connectivity index (χ3v) is 4.27. The van der Waals surface area contributed by atoms with Crippen LogP contribution in [0.3, 0.4) is 0 Å². The highest BCUT2D eigenvalue weighted by atomic mass is 32.2. The van der Waals surface area contributed by atoms with E-state index in [4.69, 9.17) is 0 Å². The number of rotatable bonds is 5. The van der Waals surface area contributed by atoms with Crippen LogP contribution in [0.5, 0.6) is 0 Å². The molecule has 17 heavy (non-hydrogen) atoms. The summed E-state index contributed by atoms with van der Waals surface area (Å²) >= 11 is 0. The first-order chi connectivity index (χ1) is 7.86. The lowest BCUT2D eigenvalue weighted by atomic mass is 10.2. The van der Waals surface area contributed by atoms with E-state index in [0.29, 0.717) is 11.4 Å². The molecule has 0 aliphatic rings. The van der Waals surface area contributed by atoms with Crippen LogP contribution in [-0.4, -0.2) is 28.1 Å². The van der Waals surface area contributed by atoms with Gasteiger partial charge in [-0.2, -0.15) is 0 Å². The summed E-state index contributed by atoms with van der Waals surface area (Å²) in [6.45, 7) is 5.99. The molecule has 0 amide bonds. The van der Waals surface area contributed by atoms with E-state index in [9.17, 15) is 8.42 Å². The lowest BCUT2D eigenvalue weighted by molar-refractivity contribution is 0.554. The number of aryl methyl sites for hydroxylation is 2. The zero-order chi connectivity index (χ0) is 13.1. The van der Waals surface area contributed by atoms with Gasteiger partial charge in [-0.15, -0.1) is 0 Å². The molecule has 0 aliphatic heterocycles. The van der Waals surface area contributed by atoms with Crippen LogP contribution in [0.4, 0.5) is 0 Å². The summed E-state index contributed by atoms with van der Waals surface area (Å²) in [5.74, 6) is 0. The molecule has 1 rings (SSSR count). The van der Waals surface area contributed by atoms with Crippen LogP contribution in [0, 0.1) is 13.8 Å². The fourth-order valence-corrected chi connectivity index (χ4v) is 2.87. The monoisotopic (exact) mass is 256 g/mol. The average Bonchev–Trinajstić information content (AvgIpc) is 2.29. The van der Waals surface area contributed by atoms with Gasteiger partial charge in [-0.3, -0.25) is 0 Å². The minimum atomic E-state index is -3.41. The second-order valence-corrected chi connectivity index (χ2v) is 6.05. The van der Waals surface area contributed by atoms with Crippen molar-refractivity contribution in [1.82, 2.24) is 10.0 Å². The number of likely N-dealkylation sites (N-methyl/N-ethyl adjacent to an activating group) is 1. The molecular formula is C12H20N2O2S. The van der Waals surface area contributed by atoms with Crippen molar-refractivity contribution in [2.45, 2.75) is 31.7 Å². The van der Waals surface area contributed by atoms with Gasteiger partial charge in [0.25, 0.3) is 0 Å². The molecule has 0 aliphatic carbocycles. The van der Waals surface area contributed by atoms with Gasteiger partial charge in [0.2, 0.25) is 10.0 Å². The predicted molar refractivity (Wildman–Crippen MR) is 69.6 cm³/mol. The van der Waals surface area contributed by atoms with Gasteiger partial charge in [-0.25, -0.2) is 13.1 Å². The Labute approximate surface area is 103 Å². The molecule has 0 heterocycles. The second-order valence-electron chi connectivity index (χ2n) is 4.31. The van der Waals surface area contributed by atoms with Crippen molar-refractivity contribution >= 4 is 10.0 Å². The molecule has 1 aromatic rings. The maximum Gasteiger partial charge on any atom is 0.240 e. The van der Waals surface area contributed by atoms with E-state index in [0.717, 1.165) is 11.1 Å². The van der Waals surface area contributed by atoms with E-state index >= 15 is 0 Å². The van der Waals surface area contributed by atoms with Crippen LogP contribution in [0.1, 0.15) is 18.1 Å². The van der Waals surface area contributed by atoms with Gasteiger partial charge in [0.05, 0.1) is 4.90 Å². The van der Waals surface area contributed by atoms with Gasteiger partial charge in [0, 0.05) is 12.6 Å². The van der Waals surface area contributed by atoms with E-state index < -0.39 is 10.0 Å². The SMILES string of the molecule is CNC(C)CNS(=O)(=O)c1cc(C)ccc1C. The molecule has 4 nitrogen and oxygen atoms in total. The standard InChI is InChI=1S/C12H20N2O2S/c1-9-5-6-10(2)12(7-9)17(15,16)14-8-11(3)13-4/h5-7,11,13-14H,8H2,1-4H3. The van der Waals surface area contributed by atoms with Gasteiger partial charge >= 0.3 is 0 Å². The van der Waals surface area contributed by atoms with Crippen molar-refractivity contribution in [2.24, 2.45) is 0 Å². The fourth-order valence-electron chi connectivity index (χ4n) is 1.41. The number of hydrogen-bond acceptors (Lipinski definition) is 3. The Hall–Kier alpha value is -0.910. The molecule has 0 spiro atoms. The predicted octanol–water partition coefficient (Wildman–Crippen LogP) is 1.19. The lowest BCUT2D eigenvalue weighted by Gasteiger charge is -2.13. The molecule has 1 unspecified atom stereocenters. The number of sulfonamides is 1. The molecule has 96 valence electrons. The summed E-state index contributed by atoms with van der Waals surface area (Å²) in [5, 5.41) is 2.99. The van der Waals surface area contributed by atoms with E-state index in [2.05, 4.69) is 10.0 Å². The van der Waals surface area contributed by atoms with Gasteiger partial charge in [0.1, 0.15) is 0 Å². The Morgan fingerprint density at radius 3 is 2.53 bits per heavy atom.